The van der Waals surface area contributed by atoms with Gasteiger partial charge in [-0.05, 0) is 36.0 Å². The molecule has 0 aliphatic rings. The highest BCUT2D eigenvalue weighted by Crippen LogP contribution is 2.23. The van der Waals surface area contributed by atoms with Crippen LogP contribution in [0.2, 0.25) is 0 Å². The second-order valence-electron chi connectivity index (χ2n) is 5.32. The highest BCUT2D eigenvalue weighted by molar-refractivity contribution is 7.71. The SMILES string of the molecule is Cn1cc(Cn2c(=S)[nH]c3ccccc32)c2ccccc21. The third kappa shape index (κ3) is 1.91. The molecule has 0 amide bonds. The molecule has 0 atom stereocenters. The lowest BCUT2D eigenvalue weighted by molar-refractivity contribution is 0.809. The number of imidazole rings is 1. The average molecular weight is 293 g/mol. The van der Waals surface area contributed by atoms with Crippen molar-refractivity contribution in [3.8, 4) is 0 Å². The highest BCUT2D eigenvalue weighted by Gasteiger charge is 2.09. The normalized spacial score (nSPS) is 11.5. The van der Waals surface area contributed by atoms with Gasteiger partial charge in [-0.25, -0.2) is 0 Å². The zero-order valence-electron chi connectivity index (χ0n) is 11.7. The first kappa shape index (κ1) is 12.4. The second-order valence-corrected chi connectivity index (χ2v) is 5.70. The van der Waals surface area contributed by atoms with Gasteiger partial charge in [0.2, 0.25) is 0 Å². The molecule has 0 saturated heterocycles. The molecular weight excluding hydrogens is 278 g/mol. The number of para-hydroxylation sites is 3. The van der Waals surface area contributed by atoms with Crippen molar-refractivity contribution in [3.05, 3.63) is 65.1 Å². The molecule has 0 saturated carbocycles. The van der Waals surface area contributed by atoms with Crippen molar-refractivity contribution in [2.24, 2.45) is 7.05 Å². The van der Waals surface area contributed by atoms with Gasteiger partial charge in [-0.3, -0.25) is 0 Å². The number of hydrogen-bond acceptors (Lipinski definition) is 1. The van der Waals surface area contributed by atoms with Crippen LogP contribution < -0.4 is 0 Å². The summed E-state index contributed by atoms with van der Waals surface area (Å²) in [6.07, 6.45) is 2.19. The maximum Gasteiger partial charge on any atom is 0.178 e. The largest absolute Gasteiger partial charge is 0.350 e. The molecule has 0 radical (unpaired) electrons. The minimum Gasteiger partial charge on any atom is -0.350 e. The van der Waals surface area contributed by atoms with Crippen LogP contribution in [0.5, 0.6) is 0 Å². The lowest BCUT2D eigenvalue weighted by Gasteiger charge is -2.03. The zero-order chi connectivity index (χ0) is 14.4. The lowest BCUT2D eigenvalue weighted by Crippen LogP contribution is -1.99. The molecule has 0 spiro atoms. The van der Waals surface area contributed by atoms with Crippen molar-refractivity contribution >= 4 is 34.2 Å². The van der Waals surface area contributed by atoms with E-state index in [9.17, 15) is 0 Å². The smallest absolute Gasteiger partial charge is 0.178 e. The van der Waals surface area contributed by atoms with Gasteiger partial charge in [0.05, 0.1) is 17.6 Å². The summed E-state index contributed by atoms with van der Waals surface area (Å²) in [5.41, 5.74) is 4.77. The van der Waals surface area contributed by atoms with Crippen LogP contribution in [0.4, 0.5) is 0 Å². The molecule has 104 valence electrons. The maximum absolute atomic E-state index is 5.48. The first-order valence-electron chi connectivity index (χ1n) is 6.94. The molecule has 4 aromatic rings. The quantitative estimate of drug-likeness (QED) is 0.550. The number of nitrogens with one attached hydrogen (secondary N) is 1. The number of hydrogen-bond donors (Lipinski definition) is 1. The number of rotatable bonds is 2. The summed E-state index contributed by atoms with van der Waals surface area (Å²) in [7, 11) is 2.08. The van der Waals surface area contributed by atoms with Crippen molar-refractivity contribution < 1.29 is 0 Å². The molecule has 4 rings (SSSR count). The first-order chi connectivity index (χ1) is 10.2. The molecule has 0 aliphatic heterocycles. The number of nitrogens with zero attached hydrogens (tertiary/aromatic N) is 2. The summed E-state index contributed by atoms with van der Waals surface area (Å²) in [5, 5.41) is 1.28. The Balaban J connectivity index is 1.91. The van der Waals surface area contributed by atoms with Gasteiger partial charge in [0.15, 0.2) is 4.77 Å². The van der Waals surface area contributed by atoms with Gasteiger partial charge in [-0.1, -0.05) is 30.3 Å². The molecule has 0 aliphatic carbocycles. The zero-order valence-corrected chi connectivity index (χ0v) is 12.5. The summed E-state index contributed by atoms with van der Waals surface area (Å²) in [6, 6.07) is 16.7. The summed E-state index contributed by atoms with van der Waals surface area (Å²) >= 11 is 5.48. The van der Waals surface area contributed by atoms with E-state index in [1.807, 2.05) is 12.1 Å². The molecule has 0 bridgehead atoms. The topological polar surface area (TPSA) is 25.6 Å². The van der Waals surface area contributed by atoms with E-state index >= 15 is 0 Å². The molecule has 1 N–H and O–H groups in total. The van der Waals surface area contributed by atoms with Crippen LogP contribution in [0, 0.1) is 4.77 Å². The van der Waals surface area contributed by atoms with Crippen LogP contribution in [0.1, 0.15) is 5.56 Å². The van der Waals surface area contributed by atoms with Crippen molar-refractivity contribution in [3.63, 3.8) is 0 Å². The molecule has 3 nitrogen and oxygen atoms in total. The molecule has 2 aromatic heterocycles. The Morgan fingerprint density at radius 2 is 1.71 bits per heavy atom. The van der Waals surface area contributed by atoms with Gasteiger partial charge in [0, 0.05) is 24.1 Å². The first-order valence-corrected chi connectivity index (χ1v) is 7.35. The van der Waals surface area contributed by atoms with E-state index in [2.05, 4.69) is 63.8 Å². The second kappa shape index (κ2) is 4.60. The van der Waals surface area contributed by atoms with Crippen molar-refractivity contribution in [1.29, 1.82) is 0 Å². The Morgan fingerprint density at radius 1 is 1.00 bits per heavy atom. The van der Waals surface area contributed by atoms with E-state index in [4.69, 9.17) is 12.2 Å². The van der Waals surface area contributed by atoms with Crippen LogP contribution in [0.15, 0.2) is 54.7 Å². The number of benzene rings is 2. The maximum atomic E-state index is 5.48. The van der Waals surface area contributed by atoms with E-state index < -0.39 is 0 Å². The van der Waals surface area contributed by atoms with Crippen LogP contribution in [-0.2, 0) is 13.6 Å². The predicted octanol–water partition coefficient (Wildman–Crippen LogP) is 4.24. The molecule has 2 aromatic carbocycles. The van der Waals surface area contributed by atoms with Gasteiger partial charge in [-0.2, -0.15) is 0 Å². The number of fused-ring (bicyclic) bond motifs is 2. The van der Waals surface area contributed by atoms with E-state index in [0.717, 1.165) is 22.3 Å². The number of aryl methyl sites for hydroxylation is 1. The van der Waals surface area contributed by atoms with Crippen molar-refractivity contribution in [2.45, 2.75) is 6.54 Å². The highest BCUT2D eigenvalue weighted by atomic mass is 32.1. The van der Waals surface area contributed by atoms with Crippen LogP contribution in [-0.4, -0.2) is 14.1 Å². The van der Waals surface area contributed by atoms with E-state index in [1.165, 1.54) is 16.5 Å². The fourth-order valence-electron chi connectivity index (χ4n) is 2.99. The minimum absolute atomic E-state index is 0.768. The van der Waals surface area contributed by atoms with Gasteiger partial charge < -0.3 is 14.1 Å². The molecule has 4 heteroatoms. The molecule has 2 heterocycles. The Kier molecular flexibility index (Phi) is 2.72. The third-order valence-electron chi connectivity index (χ3n) is 3.99. The summed E-state index contributed by atoms with van der Waals surface area (Å²) < 4.78 is 5.10. The third-order valence-corrected chi connectivity index (χ3v) is 4.31. The Hall–Kier alpha value is -2.33. The van der Waals surface area contributed by atoms with Crippen molar-refractivity contribution in [1.82, 2.24) is 14.1 Å². The molecular formula is C17H15N3S. The van der Waals surface area contributed by atoms with Crippen LogP contribution in [0.3, 0.4) is 0 Å². The molecule has 0 unspecified atom stereocenters. The van der Waals surface area contributed by atoms with Crippen LogP contribution >= 0.6 is 12.2 Å². The van der Waals surface area contributed by atoms with Crippen LogP contribution in [0.25, 0.3) is 21.9 Å². The average Bonchev–Trinajstić information content (AvgIpc) is 2.99. The van der Waals surface area contributed by atoms with Gasteiger partial charge >= 0.3 is 0 Å². The number of aromatic nitrogens is 3. The van der Waals surface area contributed by atoms with Crippen molar-refractivity contribution in [2.75, 3.05) is 0 Å². The summed E-state index contributed by atoms with van der Waals surface area (Å²) in [5.74, 6) is 0. The fraction of sp³-hybridized carbons (Fsp3) is 0.118. The van der Waals surface area contributed by atoms with E-state index in [1.54, 1.807) is 0 Å². The molecule has 0 fully saturated rings. The predicted molar refractivity (Wildman–Crippen MR) is 89.1 cm³/mol. The summed E-state index contributed by atoms with van der Waals surface area (Å²) in [6.45, 7) is 0.782. The number of H-pyrrole nitrogens is 1. The monoisotopic (exact) mass is 293 g/mol. The fourth-order valence-corrected chi connectivity index (χ4v) is 3.26. The standard InChI is InChI=1S/C17H15N3S/c1-19-10-12(13-6-2-4-8-15(13)19)11-20-16-9-5-3-7-14(16)18-17(20)21/h2-10H,11H2,1H3,(H,18,21). The van der Waals surface area contributed by atoms with Gasteiger partial charge in [-0.15, -0.1) is 0 Å². The lowest BCUT2D eigenvalue weighted by atomic mass is 10.2. The Morgan fingerprint density at radius 3 is 2.57 bits per heavy atom. The Labute approximate surface area is 127 Å². The van der Waals surface area contributed by atoms with E-state index in [-0.39, 0.29) is 0 Å². The summed E-state index contributed by atoms with van der Waals surface area (Å²) in [4.78, 5) is 3.27. The van der Waals surface area contributed by atoms with E-state index in [0.29, 0.717) is 0 Å². The number of aromatic amines is 1. The minimum atomic E-state index is 0.768. The van der Waals surface area contributed by atoms with Gasteiger partial charge in [0.1, 0.15) is 0 Å². The molecule has 21 heavy (non-hydrogen) atoms. The van der Waals surface area contributed by atoms with Gasteiger partial charge in [0.25, 0.3) is 0 Å². The Bertz CT molecular complexity index is 1000.